The molecule has 1 unspecified atom stereocenters. The van der Waals surface area contributed by atoms with Gasteiger partial charge in [-0.25, -0.2) is 4.99 Å². The maximum absolute atomic E-state index is 12.7. The van der Waals surface area contributed by atoms with E-state index in [4.69, 9.17) is 9.73 Å². The van der Waals surface area contributed by atoms with E-state index in [0.717, 1.165) is 42.6 Å². The summed E-state index contributed by atoms with van der Waals surface area (Å²) in [5, 5.41) is 0. The average Bonchev–Trinajstić information content (AvgIpc) is 3.08. The van der Waals surface area contributed by atoms with Crippen LogP contribution >= 0.6 is 0 Å². The molecule has 1 aromatic carbocycles. The van der Waals surface area contributed by atoms with Gasteiger partial charge >= 0.3 is 0 Å². The number of rotatable bonds is 3. The molecule has 1 atom stereocenters. The monoisotopic (exact) mass is 367 g/mol. The Labute approximate surface area is 159 Å². The second-order valence-electron chi connectivity index (χ2n) is 7.06. The molecular weight excluding hydrogens is 342 g/mol. The van der Waals surface area contributed by atoms with E-state index in [-0.39, 0.29) is 11.9 Å². The van der Waals surface area contributed by atoms with E-state index < -0.39 is 0 Å². The Morgan fingerprint density at radius 2 is 1.96 bits per heavy atom. The van der Waals surface area contributed by atoms with Gasteiger partial charge in [0.15, 0.2) is 11.7 Å². The summed E-state index contributed by atoms with van der Waals surface area (Å²) in [4.78, 5) is 28.3. The first-order valence-electron chi connectivity index (χ1n) is 9.39. The zero-order valence-electron chi connectivity index (χ0n) is 15.8. The number of methoxy groups -OCH3 is 1. The standard InChI is InChI=1S/C20H25N5O2/c1-15-14-25-8-7-21-19(20(25)22-15)24-11-9-23(10-12-24)18(26)13-16-5-3-4-6-17(16)27-2/h3-8,15H,9-14H2,1-2H3. The average molecular weight is 367 g/mol. The molecule has 7 heteroatoms. The van der Waals surface area contributed by atoms with Gasteiger partial charge in [0.25, 0.3) is 0 Å². The van der Waals surface area contributed by atoms with Crippen LogP contribution in [0.1, 0.15) is 12.5 Å². The predicted molar refractivity (Wildman–Crippen MR) is 105 cm³/mol. The SMILES string of the molecule is COc1ccccc1CC(=O)N1CCN(C2=NC=CN3CC(C)N=C23)CC1. The summed E-state index contributed by atoms with van der Waals surface area (Å²) in [5.74, 6) is 2.79. The molecule has 1 amide bonds. The third kappa shape index (κ3) is 3.54. The van der Waals surface area contributed by atoms with Crippen LogP contribution in [0.4, 0.5) is 0 Å². The lowest BCUT2D eigenvalue weighted by atomic mass is 10.1. The summed E-state index contributed by atoms with van der Waals surface area (Å²) in [6, 6.07) is 7.99. The molecule has 7 nitrogen and oxygen atoms in total. The lowest BCUT2D eigenvalue weighted by Crippen LogP contribution is -2.54. The highest BCUT2D eigenvalue weighted by Gasteiger charge is 2.32. The van der Waals surface area contributed by atoms with Crippen molar-refractivity contribution in [1.82, 2.24) is 14.7 Å². The molecule has 0 aromatic heterocycles. The molecule has 0 bridgehead atoms. The van der Waals surface area contributed by atoms with Crippen LogP contribution in [0.2, 0.25) is 0 Å². The normalized spacial score (nSPS) is 21.7. The lowest BCUT2D eigenvalue weighted by molar-refractivity contribution is -0.131. The Morgan fingerprint density at radius 1 is 1.19 bits per heavy atom. The molecule has 0 aliphatic carbocycles. The van der Waals surface area contributed by atoms with Crippen LogP contribution in [0, 0.1) is 0 Å². The molecule has 1 saturated heterocycles. The van der Waals surface area contributed by atoms with Crippen molar-refractivity contribution in [3.63, 3.8) is 0 Å². The van der Waals surface area contributed by atoms with Crippen molar-refractivity contribution in [3.05, 3.63) is 42.2 Å². The fraction of sp³-hybridized carbons (Fsp3) is 0.450. The first kappa shape index (κ1) is 17.6. The van der Waals surface area contributed by atoms with Crippen LogP contribution in [0.15, 0.2) is 46.7 Å². The fourth-order valence-electron chi connectivity index (χ4n) is 3.77. The third-order valence-electron chi connectivity index (χ3n) is 5.19. The van der Waals surface area contributed by atoms with Gasteiger partial charge in [0.05, 0.1) is 19.6 Å². The number of aliphatic imine (C=N–C) groups is 2. The molecule has 3 aliphatic heterocycles. The van der Waals surface area contributed by atoms with Crippen molar-refractivity contribution < 1.29 is 9.53 Å². The maximum Gasteiger partial charge on any atom is 0.227 e. The first-order chi connectivity index (χ1) is 13.2. The molecule has 1 fully saturated rings. The van der Waals surface area contributed by atoms with Gasteiger partial charge in [-0.15, -0.1) is 0 Å². The molecule has 3 heterocycles. The Balaban J connectivity index is 1.38. The van der Waals surface area contributed by atoms with E-state index in [2.05, 4.69) is 21.7 Å². The summed E-state index contributed by atoms with van der Waals surface area (Å²) in [6.45, 7) is 5.95. The predicted octanol–water partition coefficient (Wildman–Crippen LogP) is 1.37. The Kier molecular flexibility index (Phi) is 4.83. The number of hydrogen-bond acceptors (Lipinski definition) is 6. The van der Waals surface area contributed by atoms with Crippen LogP contribution in [-0.4, -0.2) is 78.2 Å². The number of hydrogen-bond donors (Lipinski definition) is 0. The second-order valence-corrected chi connectivity index (χ2v) is 7.06. The first-order valence-corrected chi connectivity index (χ1v) is 9.39. The number of benzene rings is 1. The van der Waals surface area contributed by atoms with Crippen molar-refractivity contribution in [2.24, 2.45) is 9.98 Å². The van der Waals surface area contributed by atoms with Crippen LogP contribution in [0.25, 0.3) is 0 Å². The number of para-hydroxylation sites is 1. The number of ether oxygens (including phenoxy) is 1. The van der Waals surface area contributed by atoms with E-state index in [9.17, 15) is 4.79 Å². The van der Waals surface area contributed by atoms with Crippen molar-refractivity contribution in [1.29, 1.82) is 0 Å². The van der Waals surface area contributed by atoms with Crippen LogP contribution in [-0.2, 0) is 11.2 Å². The molecule has 0 saturated carbocycles. The molecule has 0 N–H and O–H groups in total. The van der Waals surface area contributed by atoms with E-state index in [1.807, 2.05) is 41.6 Å². The number of carbonyl (C=O) groups excluding carboxylic acids is 1. The largest absolute Gasteiger partial charge is 0.496 e. The van der Waals surface area contributed by atoms with E-state index in [0.29, 0.717) is 19.5 Å². The third-order valence-corrected chi connectivity index (χ3v) is 5.19. The van der Waals surface area contributed by atoms with Gasteiger partial charge in [-0.05, 0) is 13.0 Å². The molecule has 142 valence electrons. The molecule has 27 heavy (non-hydrogen) atoms. The summed E-state index contributed by atoms with van der Waals surface area (Å²) < 4.78 is 5.36. The number of fused-ring (bicyclic) bond motifs is 1. The lowest BCUT2D eigenvalue weighted by Gasteiger charge is -2.37. The molecule has 1 aromatic rings. The van der Waals surface area contributed by atoms with Gasteiger partial charge < -0.3 is 19.4 Å². The number of amidine groups is 2. The minimum atomic E-state index is 0.137. The van der Waals surface area contributed by atoms with Crippen molar-refractivity contribution in [2.45, 2.75) is 19.4 Å². The van der Waals surface area contributed by atoms with Gasteiger partial charge in [-0.3, -0.25) is 9.79 Å². The summed E-state index contributed by atoms with van der Waals surface area (Å²) in [5.41, 5.74) is 0.930. The highest BCUT2D eigenvalue weighted by atomic mass is 16.5. The van der Waals surface area contributed by atoms with E-state index >= 15 is 0 Å². The quantitative estimate of drug-likeness (QED) is 0.810. The Hall–Kier alpha value is -2.83. The highest BCUT2D eigenvalue weighted by Crippen LogP contribution is 2.20. The van der Waals surface area contributed by atoms with Gasteiger partial charge in [0.1, 0.15) is 5.75 Å². The molecule has 3 aliphatic rings. The highest BCUT2D eigenvalue weighted by molar-refractivity contribution is 6.41. The molecular formula is C20H25N5O2. The molecule has 4 rings (SSSR count). The van der Waals surface area contributed by atoms with Crippen LogP contribution < -0.4 is 4.74 Å². The number of piperazine rings is 1. The molecule has 0 spiro atoms. The number of nitrogens with zero attached hydrogens (tertiary/aromatic N) is 5. The maximum atomic E-state index is 12.7. The van der Waals surface area contributed by atoms with Crippen molar-refractivity contribution in [3.8, 4) is 5.75 Å². The molecule has 0 radical (unpaired) electrons. The summed E-state index contributed by atoms with van der Waals surface area (Å²) in [6.07, 6.45) is 4.19. The van der Waals surface area contributed by atoms with Gasteiger partial charge in [0.2, 0.25) is 5.91 Å². The smallest absolute Gasteiger partial charge is 0.227 e. The van der Waals surface area contributed by atoms with Gasteiger partial charge in [-0.1, -0.05) is 18.2 Å². The van der Waals surface area contributed by atoms with Crippen molar-refractivity contribution >= 4 is 17.6 Å². The summed E-state index contributed by atoms with van der Waals surface area (Å²) >= 11 is 0. The number of amides is 1. The Bertz CT molecular complexity index is 808. The van der Waals surface area contributed by atoms with Crippen molar-refractivity contribution in [2.75, 3.05) is 39.8 Å². The van der Waals surface area contributed by atoms with E-state index in [1.165, 1.54) is 0 Å². The van der Waals surface area contributed by atoms with Crippen LogP contribution in [0.5, 0.6) is 5.75 Å². The fourth-order valence-corrected chi connectivity index (χ4v) is 3.77. The second kappa shape index (κ2) is 7.42. The van der Waals surface area contributed by atoms with Gasteiger partial charge in [0, 0.05) is 50.7 Å². The topological polar surface area (TPSA) is 60.7 Å². The zero-order valence-corrected chi connectivity index (χ0v) is 15.8. The van der Waals surface area contributed by atoms with Crippen LogP contribution in [0.3, 0.4) is 0 Å². The van der Waals surface area contributed by atoms with E-state index in [1.54, 1.807) is 7.11 Å². The Morgan fingerprint density at radius 3 is 2.74 bits per heavy atom. The van der Waals surface area contributed by atoms with Gasteiger partial charge in [-0.2, -0.15) is 0 Å². The minimum Gasteiger partial charge on any atom is -0.496 e. The summed E-state index contributed by atoms with van der Waals surface area (Å²) in [7, 11) is 1.64. The zero-order chi connectivity index (χ0) is 18.8. The number of carbonyl (C=O) groups is 1. The minimum absolute atomic E-state index is 0.137.